The predicted molar refractivity (Wildman–Crippen MR) is 131 cm³/mol. The molecule has 1 amide bonds. The van der Waals surface area contributed by atoms with Crippen molar-refractivity contribution in [3.63, 3.8) is 0 Å². The Bertz CT molecular complexity index is 814. The number of hydrogen-bond donors (Lipinski definition) is 3. The van der Waals surface area contributed by atoms with E-state index in [0.717, 1.165) is 23.4 Å². The normalized spacial score (nSPS) is 10.6. The van der Waals surface area contributed by atoms with Crippen LogP contribution < -0.4 is 25.4 Å². The van der Waals surface area contributed by atoms with Crippen LogP contribution in [0.1, 0.15) is 25.0 Å². The molecule has 0 aliphatic heterocycles. The Kier molecular flexibility index (Phi) is 12.3. The van der Waals surface area contributed by atoms with E-state index in [-0.39, 0.29) is 36.5 Å². The van der Waals surface area contributed by atoms with Gasteiger partial charge < -0.3 is 25.4 Å². The number of guanidine groups is 1. The van der Waals surface area contributed by atoms with Gasteiger partial charge in [0.15, 0.2) is 12.6 Å². The lowest BCUT2D eigenvalue weighted by atomic mass is 10.2. The van der Waals surface area contributed by atoms with Crippen molar-refractivity contribution in [2.75, 3.05) is 26.8 Å². The van der Waals surface area contributed by atoms with Gasteiger partial charge in [0.25, 0.3) is 5.91 Å². The SMILES string of the molecule is CCNC(=O)COc1cccc(CN=C(NCC)NCc2ccccc2OC)c1.I. The summed E-state index contributed by atoms with van der Waals surface area (Å²) >= 11 is 0. The number of nitrogens with one attached hydrogen (secondary N) is 3. The number of carbonyl (C=O) groups is 1. The number of amides is 1. The molecule has 0 radical (unpaired) electrons. The number of likely N-dealkylation sites (N-methyl/N-ethyl adjacent to an activating group) is 1. The van der Waals surface area contributed by atoms with E-state index in [1.165, 1.54) is 0 Å². The summed E-state index contributed by atoms with van der Waals surface area (Å²) in [5.74, 6) is 2.07. The first-order chi connectivity index (χ1) is 14.2. The lowest BCUT2D eigenvalue weighted by molar-refractivity contribution is -0.122. The summed E-state index contributed by atoms with van der Waals surface area (Å²) in [6, 6.07) is 15.5. The molecule has 0 saturated heterocycles. The average molecular weight is 526 g/mol. The summed E-state index contributed by atoms with van der Waals surface area (Å²) in [7, 11) is 1.67. The van der Waals surface area contributed by atoms with Crippen molar-refractivity contribution in [2.24, 2.45) is 4.99 Å². The maximum atomic E-state index is 11.5. The molecule has 0 aromatic heterocycles. The van der Waals surface area contributed by atoms with Crippen molar-refractivity contribution in [3.8, 4) is 11.5 Å². The first kappa shape index (κ1) is 25.5. The summed E-state index contributed by atoms with van der Waals surface area (Å²) in [6.07, 6.45) is 0. The Hall–Kier alpha value is -2.49. The third kappa shape index (κ3) is 8.89. The molecule has 0 heterocycles. The van der Waals surface area contributed by atoms with E-state index >= 15 is 0 Å². The topological polar surface area (TPSA) is 84.0 Å². The number of benzene rings is 2. The van der Waals surface area contributed by atoms with Gasteiger partial charge in [0.2, 0.25) is 0 Å². The number of rotatable bonds is 10. The molecule has 0 aliphatic carbocycles. The van der Waals surface area contributed by atoms with Crippen LogP contribution in [0.4, 0.5) is 0 Å². The smallest absolute Gasteiger partial charge is 0.257 e. The molecule has 2 aromatic carbocycles. The maximum absolute atomic E-state index is 11.5. The quantitative estimate of drug-likeness (QED) is 0.252. The maximum Gasteiger partial charge on any atom is 0.257 e. The number of carbonyl (C=O) groups excluding carboxylic acids is 1. The minimum atomic E-state index is -0.133. The van der Waals surface area contributed by atoms with Gasteiger partial charge in [-0.05, 0) is 37.6 Å². The second kappa shape index (κ2) is 14.5. The zero-order chi connectivity index (χ0) is 20.9. The highest BCUT2D eigenvalue weighted by Crippen LogP contribution is 2.17. The third-order valence-electron chi connectivity index (χ3n) is 4.05. The molecule has 0 unspecified atom stereocenters. The number of para-hydroxylation sites is 1. The van der Waals surface area contributed by atoms with Gasteiger partial charge in [0.1, 0.15) is 11.5 Å². The van der Waals surface area contributed by atoms with Crippen molar-refractivity contribution in [2.45, 2.75) is 26.9 Å². The number of nitrogens with zero attached hydrogens (tertiary/aromatic N) is 1. The molecule has 2 aromatic rings. The van der Waals surface area contributed by atoms with Crippen LogP contribution in [0.5, 0.6) is 11.5 Å². The number of halogens is 1. The highest BCUT2D eigenvalue weighted by molar-refractivity contribution is 14.0. The van der Waals surface area contributed by atoms with Gasteiger partial charge in [0.05, 0.1) is 13.7 Å². The summed E-state index contributed by atoms with van der Waals surface area (Å²) < 4.78 is 10.9. The first-order valence-electron chi connectivity index (χ1n) is 9.78. The third-order valence-corrected chi connectivity index (χ3v) is 4.05. The van der Waals surface area contributed by atoms with Crippen LogP contribution in [0.15, 0.2) is 53.5 Å². The molecule has 0 spiro atoms. The molecule has 0 bridgehead atoms. The second-order valence-electron chi connectivity index (χ2n) is 6.25. The van der Waals surface area contributed by atoms with E-state index in [9.17, 15) is 4.79 Å². The number of aliphatic imine (C=N–C) groups is 1. The van der Waals surface area contributed by atoms with Crippen LogP contribution in [-0.4, -0.2) is 38.7 Å². The van der Waals surface area contributed by atoms with E-state index in [4.69, 9.17) is 9.47 Å². The molecule has 8 heteroatoms. The van der Waals surface area contributed by atoms with Crippen molar-refractivity contribution >= 4 is 35.8 Å². The zero-order valence-electron chi connectivity index (χ0n) is 17.7. The fraction of sp³-hybridized carbons (Fsp3) is 0.364. The average Bonchev–Trinajstić information content (AvgIpc) is 2.75. The molecule has 2 rings (SSSR count). The monoisotopic (exact) mass is 526 g/mol. The van der Waals surface area contributed by atoms with Crippen molar-refractivity contribution in [1.82, 2.24) is 16.0 Å². The van der Waals surface area contributed by atoms with Crippen molar-refractivity contribution in [3.05, 3.63) is 59.7 Å². The molecule has 7 nitrogen and oxygen atoms in total. The van der Waals surface area contributed by atoms with Gasteiger partial charge in [-0.3, -0.25) is 4.79 Å². The van der Waals surface area contributed by atoms with E-state index in [1.54, 1.807) is 7.11 Å². The van der Waals surface area contributed by atoms with Crippen LogP contribution in [0, 0.1) is 0 Å². The number of hydrogen-bond acceptors (Lipinski definition) is 4. The van der Waals surface area contributed by atoms with Crippen LogP contribution in [0.3, 0.4) is 0 Å². The molecule has 0 fully saturated rings. The molecule has 164 valence electrons. The van der Waals surface area contributed by atoms with Crippen LogP contribution in [0.25, 0.3) is 0 Å². The highest BCUT2D eigenvalue weighted by atomic mass is 127. The van der Waals surface area contributed by atoms with Gasteiger partial charge in [-0.15, -0.1) is 24.0 Å². The lowest BCUT2D eigenvalue weighted by Gasteiger charge is -2.13. The molecule has 0 atom stereocenters. The van der Waals surface area contributed by atoms with Crippen LogP contribution in [-0.2, 0) is 17.9 Å². The fourth-order valence-corrected chi connectivity index (χ4v) is 2.67. The lowest BCUT2D eigenvalue weighted by Crippen LogP contribution is -2.36. The Morgan fingerprint density at radius 3 is 2.50 bits per heavy atom. The van der Waals surface area contributed by atoms with Gasteiger partial charge in [-0.2, -0.15) is 0 Å². The standard InChI is InChI=1S/C22H30N4O3.HI/c1-4-23-21(27)16-29-19-11-8-9-17(13-19)14-25-22(24-5-2)26-15-18-10-6-7-12-20(18)28-3;/h6-13H,4-5,14-16H2,1-3H3,(H,23,27)(H2,24,25,26);1H. The summed E-state index contributed by atoms with van der Waals surface area (Å²) in [6.45, 7) is 6.34. The van der Waals surface area contributed by atoms with E-state index in [1.807, 2.05) is 62.4 Å². The summed E-state index contributed by atoms with van der Waals surface area (Å²) in [4.78, 5) is 16.2. The van der Waals surface area contributed by atoms with Crippen LogP contribution >= 0.6 is 24.0 Å². The van der Waals surface area contributed by atoms with E-state index in [2.05, 4.69) is 20.9 Å². The Labute approximate surface area is 195 Å². The molecule has 30 heavy (non-hydrogen) atoms. The predicted octanol–water partition coefficient (Wildman–Crippen LogP) is 3.08. The van der Waals surface area contributed by atoms with Gasteiger partial charge in [-0.1, -0.05) is 30.3 Å². The second-order valence-corrected chi connectivity index (χ2v) is 6.25. The molecular formula is C22H31IN4O3. The Morgan fingerprint density at radius 1 is 1.00 bits per heavy atom. The van der Waals surface area contributed by atoms with Crippen molar-refractivity contribution in [1.29, 1.82) is 0 Å². The first-order valence-corrected chi connectivity index (χ1v) is 9.78. The molecule has 3 N–H and O–H groups in total. The Balaban J connectivity index is 0.00000450. The Morgan fingerprint density at radius 2 is 1.77 bits per heavy atom. The van der Waals surface area contributed by atoms with E-state index < -0.39 is 0 Å². The largest absolute Gasteiger partial charge is 0.496 e. The van der Waals surface area contributed by atoms with Gasteiger partial charge in [-0.25, -0.2) is 4.99 Å². The minimum Gasteiger partial charge on any atom is -0.496 e. The minimum absolute atomic E-state index is 0. The van der Waals surface area contributed by atoms with Gasteiger partial charge in [0, 0.05) is 25.2 Å². The fourth-order valence-electron chi connectivity index (χ4n) is 2.67. The zero-order valence-corrected chi connectivity index (χ0v) is 20.1. The molecule has 0 aliphatic rings. The van der Waals surface area contributed by atoms with Crippen molar-refractivity contribution < 1.29 is 14.3 Å². The molecule has 0 saturated carbocycles. The summed E-state index contributed by atoms with van der Waals surface area (Å²) in [5, 5.41) is 9.28. The summed E-state index contributed by atoms with van der Waals surface area (Å²) in [5.41, 5.74) is 2.05. The number of methoxy groups -OCH3 is 1. The van der Waals surface area contributed by atoms with Crippen LogP contribution in [0.2, 0.25) is 0 Å². The number of ether oxygens (including phenoxy) is 2. The molecular weight excluding hydrogens is 495 g/mol. The van der Waals surface area contributed by atoms with E-state index in [0.29, 0.717) is 31.3 Å². The highest BCUT2D eigenvalue weighted by Gasteiger charge is 2.05. The van der Waals surface area contributed by atoms with Gasteiger partial charge >= 0.3 is 0 Å².